The molecule has 5 unspecified atom stereocenters. The summed E-state index contributed by atoms with van der Waals surface area (Å²) in [6.45, 7) is 3.12. The van der Waals surface area contributed by atoms with E-state index in [-0.39, 0.29) is 19.4 Å². The number of aliphatic hydroxyl groups is 4. The summed E-state index contributed by atoms with van der Waals surface area (Å²) in [5, 5.41) is 51.3. The van der Waals surface area contributed by atoms with E-state index in [0.29, 0.717) is 0 Å². The number of hydrogen-bond donors (Lipinski definition) is 7. The molecular formula is C15H32N2O8. The van der Waals surface area contributed by atoms with E-state index < -0.39 is 48.9 Å². The van der Waals surface area contributed by atoms with Crippen molar-refractivity contribution in [3.63, 3.8) is 0 Å². The van der Waals surface area contributed by atoms with Crippen LogP contribution < -0.4 is 10.6 Å². The van der Waals surface area contributed by atoms with Crippen LogP contribution in [0, 0.1) is 0 Å². The third-order valence-corrected chi connectivity index (χ3v) is 3.42. The molecular weight excluding hydrogens is 336 g/mol. The Morgan fingerprint density at radius 3 is 2.08 bits per heavy atom. The van der Waals surface area contributed by atoms with Gasteiger partial charge in [0, 0.05) is 20.1 Å². The molecule has 0 bridgehead atoms. The third-order valence-electron chi connectivity index (χ3n) is 3.42. The third kappa shape index (κ3) is 10.3. The van der Waals surface area contributed by atoms with E-state index in [1.165, 1.54) is 14.2 Å². The molecule has 5 atom stereocenters. The standard InChI is InChI=1S/C13H26N2O8.C2H6/c1-14-7(13(21)22)3-4-10(18)15-5-9(23-2)12(20)11(19)8(17)6-16;1-2/h7-9,11-12,14,16-17,19-20H,3-6H2,1-2H3,(H,15,18)(H,21,22);1-2H3. The Bertz CT molecular complexity index is 369. The van der Waals surface area contributed by atoms with Crippen LogP contribution in [0.15, 0.2) is 0 Å². The molecule has 25 heavy (non-hydrogen) atoms. The van der Waals surface area contributed by atoms with Gasteiger partial charge in [-0.2, -0.15) is 0 Å². The number of aliphatic carboxylic acids is 1. The number of carboxylic acids is 1. The van der Waals surface area contributed by atoms with Crippen LogP contribution in [0.1, 0.15) is 26.7 Å². The molecule has 0 aliphatic rings. The van der Waals surface area contributed by atoms with Crippen LogP contribution in [0.4, 0.5) is 0 Å². The summed E-state index contributed by atoms with van der Waals surface area (Å²) in [5.41, 5.74) is 0. The Labute approximate surface area is 147 Å². The van der Waals surface area contributed by atoms with Crippen molar-refractivity contribution in [2.45, 2.75) is 57.1 Å². The van der Waals surface area contributed by atoms with E-state index in [9.17, 15) is 24.9 Å². The van der Waals surface area contributed by atoms with Crippen LogP contribution in [0.25, 0.3) is 0 Å². The molecule has 0 fully saturated rings. The number of rotatable bonds is 12. The maximum Gasteiger partial charge on any atom is 0.320 e. The van der Waals surface area contributed by atoms with Crippen LogP contribution in [-0.2, 0) is 14.3 Å². The number of carbonyl (C=O) groups is 2. The van der Waals surface area contributed by atoms with Crippen molar-refractivity contribution in [2.75, 3.05) is 27.3 Å². The zero-order valence-electron chi connectivity index (χ0n) is 15.2. The maximum atomic E-state index is 11.7. The zero-order chi connectivity index (χ0) is 20.0. The Kier molecular flexibility index (Phi) is 15.6. The minimum Gasteiger partial charge on any atom is -0.480 e. The molecule has 10 nitrogen and oxygen atoms in total. The van der Waals surface area contributed by atoms with Gasteiger partial charge in [0.15, 0.2) is 0 Å². The SMILES string of the molecule is CC.CNC(CCC(=O)NCC(OC)C(O)C(O)C(O)CO)C(=O)O. The molecule has 0 aromatic carbocycles. The van der Waals surface area contributed by atoms with Crippen molar-refractivity contribution in [1.29, 1.82) is 0 Å². The molecule has 0 heterocycles. The highest BCUT2D eigenvalue weighted by Gasteiger charge is 2.31. The van der Waals surface area contributed by atoms with E-state index in [2.05, 4.69) is 10.6 Å². The molecule has 0 aromatic heterocycles. The van der Waals surface area contributed by atoms with Crippen LogP contribution >= 0.6 is 0 Å². The first-order valence-corrected chi connectivity index (χ1v) is 8.13. The Morgan fingerprint density at radius 2 is 1.68 bits per heavy atom. The summed E-state index contributed by atoms with van der Waals surface area (Å²) in [6, 6.07) is -0.842. The second kappa shape index (κ2) is 15.0. The first kappa shape index (κ1) is 25.9. The van der Waals surface area contributed by atoms with Crippen molar-refractivity contribution in [1.82, 2.24) is 10.6 Å². The lowest BCUT2D eigenvalue weighted by atomic mass is 10.0. The van der Waals surface area contributed by atoms with E-state index in [0.717, 1.165) is 0 Å². The number of ether oxygens (including phenoxy) is 1. The first-order chi connectivity index (χ1) is 11.8. The molecule has 0 rings (SSSR count). The molecule has 150 valence electrons. The van der Waals surface area contributed by atoms with Gasteiger partial charge < -0.3 is 40.9 Å². The normalized spacial score (nSPS) is 16.6. The minimum absolute atomic E-state index is 0.0494. The lowest BCUT2D eigenvalue weighted by Gasteiger charge is -2.28. The predicted octanol–water partition coefficient (Wildman–Crippen LogP) is -2.33. The number of likely N-dealkylation sites (N-methyl/N-ethyl adjacent to an activating group) is 1. The second-order valence-electron chi connectivity index (χ2n) is 5.03. The van der Waals surface area contributed by atoms with Gasteiger partial charge in [-0.3, -0.25) is 9.59 Å². The molecule has 0 aromatic rings. The molecule has 0 aliphatic carbocycles. The van der Waals surface area contributed by atoms with Crippen LogP contribution in [0.5, 0.6) is 0 Å². The van der Waals surface area contributed by atoms with Crippen molar-refractivity contribution in [2.24, 2.45) is 0 Å². The fraction of sp³-hybridized carbons (Fsp3) is 0.867. The molecule has 0 radical (unpaired) electrons. The summed E-state index contributed by atoms with van der Waals surface area (Å²) in [5.74, 6) is -1.51. The summed E-state index contributed by atoms with van der Waals surface area (Å²) in [4.78, 5) is 22.5. The molecule has 0 aliphatic heterocycles. The molecule has 1 amide bonds. The Balaban J connectivity index is 0. The zero-order valence-corrected chi connectivity index (χ0v) is 15.2. The van der Waals surface area contributed by atoms with Gasteiger partial charge in [0.25, 0.3) is 0 Å². The summed E-state index contributed by atoms with van der Waals surface area (Å²) < 4.78 is 4.94. The second-order valence-corrected chi connectivity index (χ2v) is 5.03. The fourth-order valence-electron chi connectivity index (χ4n) is 1.87. The summed E-state index contributed by atoms with van der Waals surface area (Å²) in [6.07, 6.45) is -5.66. The topological polar surface area (TPSA) is 169 Å². The quantitative estimate of drug-likeness (QED) is 0.200. The van der Waals surface area contributed by atoms with Crippen molar-refractivity contribution >= 4 is 11.9 Å². The first-order valence-electron chi connectivity index (χ1n) is 8.13. The highest BCUT2D eigenvalue weighted by Crippen LogP contribution is 2.07. The number of methoxy groups -OCH3 is 1. The van der Waals surface area contributed by atoms with Crippen LogP contribution in [-0.4, -0.2) is 95.2 Å². The van der Waals surface area contributed by atoms with Crippen LogP contribution in [0.2, 0.25) is 0 Å². The van der Waals surface area contributed by atoms with Crippen molar-refractivity contribution in [3.05, 3.63) is 0 Å². The number of carbonyl (C=O) groups excluding carboxylic acids is 1. The van der Waals surface area contributed by atoms with Gasteiger partial charge in [-0.25, -0.2) is 0 Å². The number of hydrogen-bond acceptors (Lipinski definition) is 8. The van der Waals surface area contributed by atoms with Gasteiger partial charge in [0.05, 0.1) is 6.61 Å². The summed E-state index contributed by atoms with van der Waals surface area (Å²) in [7, 11) is 2.72. The van der Waals surface area contributed by atoms with E-state index in [1.54, 1.807) is 0 Å². The highest BCUT2D eigenvalue weighted by atomic mass is 16.5. The number of nitrogens with one attached hydrogen (secondary N) is 2. The lowest BCUT2D eigenvalue weighted by molar-refractivity contribution is -0.139. The number of aliphatic hydroxyl groups excluding tert-OH is 4. The Morgan fingerprint density at radius 1 is 1.12 bits per heavy atom. The predicted molar refractivity (Wildman–Crippen MR) is 90.0 cm³/mol. The lowest BCUT2D eigenvalue weighted by Crippen LogP contribution is -2.50. The maximum absolute atomic E-state index is 11.7. The molecule has 0 saturated heterocycles. The molecule has 0 saturated carbocycles. The Hall–Kier alpha value is -1.30. The van der Waals surface area contributed by atoms with Gasteiger partial charge in [-0.05, 0) is 13.5 Å². The smallest absolute Gasteiger partial charge is 0.320 e. The highest BCUT2D eigenvalue weighted by molar-refractivity contribution is 5.78. The van der Waals surface area contributed by atoms with Gasteiger partial charge in [-0.15, -0.1) is 0 Å². The average Bonchev–Trinajstić information content (AvgIpc) is 2.62. The van der Waals surface area contributed by atoms with Crippen molar-refractivity contribution in [3.8, 4) is 0 Å². The van der Waals surface area contributed by atoms with E-state index in [1.807, 2.05) is 13.8 Å². The minimum atomic E-state index is -1.64. The van der Waals surface area contributed by atoms with Crippen molar-refractivity contribution < 1.29 is 39.9 Å². The molecule has 10 heteroatoms. The van der Waals surface area contributed by atoms with Gasteiger partial charge >= 0.3 is 5.97 Å². The monoisotopic (exact) mass is 368 g/mol. The largest absolute Gasteiger partial charge is 0.480 e. The number of amides is 1. The van der Waals surface area contributed by atoms with Crippen LogP contribution in [0.3, 0.4) is 0 Å². The van der Waals surface area contributed by atoms with Gasteiger partial charge in [0.1, 0.15) is 30.5 Å². The molecule has 0 spiro atoms. The van der Waals surface area contributed by atoms with E-state index in [4.69, 9.17) is 14.9 Å². The average molecular weight is 368 g/mol. The molecule has 7 N–H and O–H groups in total. The van der Waals surface area contributed by atoms with Gasteiger partial charge in [-0.1, -0.05) is 13.8 Å². The van der Waals surface area contributed by atoms with Gasteiger partial charge in [0.2, 0.25) is 5.91 Å². The van der Waals surface area contributed by atoms with E-state index >= 15 is 0 Å². The summed E-state index contributed by atoms with van der Waals surface area (Å²) >= 11 is 0. The number of carboxylic acid groups (broad SMARTS) is 1. The fourth-order valence-corrected chi connectivity index (χ4v) is 1.87.